The predicted molar refractivity (Wildman–Crippen MR) is 74.5 cm³/mol. The molecule has 0 heterocycles. The Morgan fingerprint density at radius 2 is 1.95 bits per heavy atom. The van der Waals surface area contributed by atoms with E-state index in [1.807, 2.05) is 6.92 Å². The minimum Gasteiger partial charge on any atom is -0.399 e. The first-order chi connectivity index (χ1) is 8.91. The van der Waals surface area contributed by atoms with Crippen molar-refractivity contribution in [3.63, 3.8) is 0 Å². The highest BCUT2D eigenvalue weighted by Crippen LogP contribution is 2.28. The molecule has 0 spiro atoms. The monoisotopic (exact) mass is 264 g/mol. The molecule has 0 radical (unpaired) electrons. The molecule has 104 valence electrons. The maximum Gasteiger partial charge on any atom is 0.254 e. The predicted octanol–water partition coefficient (Wildman–Crippen LogP) is 3.17. The zero-order valence-electron chi connectivity index (χ0n) is 11.6. The fourth-order valence-corrected chi connectivity index (χ4v) is 2.76. The lowest BCUT2D eigenvalue weighted by molar-refractivity contribution is 0.0878. The normalized spacial score (nSPS) is 18.1. The molecule has 1 aliphatic rings. The van der Waals surface area contributed by atoms with Crippen molar-refractivity contribution in [1.82, 2.24) is 5.32 Å². The van der Waals surface area contributed by atoms with Gasteiger partial charge in [0.1, 0.15) is 5.82 Å². The third-order valence-electron chi connectivity index (χ3n) is 3.89. The van der Waals surface area contributed by atoms with E-state index in [9.17, 15) is 9.18 Å². The van der Waals surface area contributed by atoms with Gasteiger partial charge in [-0.15, -0.1) is 0 Å². The van der Waals surface area contributed by atoms with Crippen LogP contribution in [-0.2, 0) is 0 Å². The summed E-state index contributed by atoms with van der Waals surface area (Å²) >= 11 is 0. The first-order valence-corrected chi connectivity index (χ1v) is 6.79. The van der Waals surface area contributed by atoms with Crippen molar-refractivity contribution >= 4 is 11.6 Å². The van der Waals surface area contributed by atoms with Crippen LogP contribution in [0.4, 0.5) is 10.1 Å². The van der Waals surface area contributed by atoms with Crippen LogP contribution in [0.2, 0.25) is 0 Å². The van der Waals surface area contributed by atoms with Crippen LogP contribution in [0, 0.1) is 12.7 Å². The standard InChI is InChI=1S/C15H21FN2O/c1-10-8-11(17)9-12(13(10)16)14(19)18-15(2)6-4-3-5-7-15/h8-9H,3-7,17H2,1-2H3,(H,18,19). The number of hydrogen-bond acceptors (Lipinski definition) is 2. The summed E-state index contributed by atoms with van der Waals surface area (Å²) in [7, 11) is 0. The quantitative estimate of drug-likeness (QED) is 0.806. The Morgan fingerprint density at radius 3 is 2.58 bits per heavy atom. The third-order valence-corrected chi connectivity index (χ3v) is 3.89. The molecule has 4 heteroatoms. The highest BCUT2D eigenvalue weighted by atomic mass is 19.1. The summed E-state index contributed by atoms with van der Waals surface area (Å²) in [4.78, 5) is 12.2. The minimum atomic E-state index is -0.480. The van der Waals surface area contributed by atoms with Crippen LogP contribution in [0.5, 0.6) is 0 Å². The highest BCUT2D eigenvalue weighted by Gasteiger charge is 2.29. The van der Waals surface area contributed by atoms with Gasteiger partial charge in [0, 0.05) is 11.2 Å². The van der Waals surface area contributed by atoms with Crippen molar-refractivity contribution in [2.75, 3.05) is 5.73 Å². The summed E-state index contributed by atoms with van der Waals surface area (Å²) in [5.74, 6) is -0.844. The van der Waals surface area contributed by atoms with Crippen LogP contribution < -0.4 is 11.1 Å². The summed E-state index contributed by atoms with van der Waals surface area (Å²) in [6.07, 6.45) is 5.31. The van der Waals surface area contributed by atoms with Gasteiger partial charge in [-0.3, -0.25) is 4.79 Å². The summed E-state index contributed by atoms with van der Waals surface area (Å²) < 4.78 is 14.0. The maximum atomic E-state index is 14.0. The molecule has 0 aromatic heterocycles. The highest BCUT2D eigenvalue weighted by molar-refractivity contribution is 5.96. The Morgan fingerprint density at radius 1 is 1.32 bits per heavy atom. The number of benzene rings is 1. The maximum absolute atomic E-state index is 14.0. The number of nitrogen functional groups attached to an aromatic ring is 1. The Labute approximate surface area is 113 Å². The molecule has 19 heavy (non-hydrogen) atoms. The molecule has 2 rings (SSSR count). The number of rotatable bonds is 2. The average Bonchev–Trinajstić information content (AvgIpc) is 2.34. The second-order valence-corrected chi connectivity index (χ2v) is 5.77. The van der Waals surface area contributed by atoms with E-state index in [2.05, 4.69) is 5.32 Å². The van der Waals surface area contributed by atoms with Crippen LogP contribution in [0.1, 0.15) is 54.9 Å². The Balaban J connectivity index is 2.20. The van der Waals surface area contributed by atoms with E-state index in [0.29, 0.717) is 11.3 Å². The summed E-state index contributed by atoms with van der Waals surface area (Å²) in [5.41, 5.74) is 6.33. The molecule has 0 bridgehead atoms. The van der Waals surface area contributed by atoms with Crippen molar-refractivity contribution in [3.05, 3.63) is 29.1 Å². The topological polar surface area (TPSA) is 55.1 Å². The molecule has 1 saturated carbocycles. The fourth-order valence-electron chi connectivity index (χ4n) is 2.76. The molecule has 0 atom stereocenters. The number of amides is 1. The SMILES string of the molecule is Cc1cc(N)cc(C(=O)NC2(C)CCCCC2)c1F. The van der Waals surface area contributed by atoms with Crippen molar-refractivity contribution in [3.8, 4) is 0 Å². The molecule has 1 aromatic carbocycles. The number of nitrogens with two attached hydrogens (primary N) is 1. The lowest BCUT2D eigenvalue weighted by Gasteiger charge is -2.34. The summed E-state index contributed by atoms with van der Waals surface area (Å²) in [6.45, 7) is 3.64. The van der Waals surface area contributed by atoms with Crippen LogP contribution >= 0.6 is 0 Å². The number of aryl methyl sites for hydroxylation is 1. The molecular formula is C15H21FN2O. The molecule has 3 N–H and O–H groups in total. The number of anilines is 1. The average molecular weight is 264 g/mol. The van der Waals surface area contributed by atoms with E-state index in [1.165, 1.54) is 18.6 Å². The fraction of sp³-hybridized carbons (Fsp3) is 0.533. The summed E-state index contributed by atoms with van der Waals surface area (Å²) in [6, 6.07) is 2.94. The minimum absolute atomic E-state index is 0.0456. The van der Waals surface area contributed by atoms with Crippen LogP contribution in [0.15, 0.2) is 12.1 Å². The van der Waals surface area contributed by atoms with Crippen molar-refractivity contribution < 1.29 is 9.18 Å². The van der Waals surface area contributed by atoms with Gasteiger partial charge in [-0.05, 0) is 44.4 Å². The van der Waals surface area contributed by atoms with E-state index in [4.69, 9.17) is 5.73 Å². The second-order valence-electron chi connectivity index (χ2n) is 5.77. The smallest absolute Gasteiger partial charge is 0.254 e. The van der Waals surface area contributed by atoms with Gasteiger partial charge in [-0.2, -0.15) is 0 Å². The molecule has 0 unspecified atom stereocenters. The molecule has 0 saturated heterocycles. The lowest BCUT2D eigenvalue weighted by atomic mass is 9.83. The van der Waals surface area contributed by atoms with Gasteiger partial charge in [0.2, 0.25) is 0 Å². The van der Waals surface area contributed by atoms with E-state index in [-0.39, 0.29) is 17.0 Å². The molecule has 3 nitrogen and oxygen atoms in total. The van der Waals surface area contributed by atoms with E-state index < -0.39 is 5.82 Å². The molecular weight excluding hydrogens is 243 g/mol. The number of carbonyl (C=O) groups is 1. The Bertz CT molecular complexity index is 493. The van der Waals surface area contributed by atoms with Gasteiger partial charge < -0.3 is 11.1 Å². The van der Waals surface area contributed by atoms with Crippen molar-refractivity contribution in [1.29, 1.82) is 0 Å². The zero-order chi connectivity index (χ0) is 14.0. The van der Waals surface area contributed by atoms with Crippen LogP contribution in [0.3, 0.4) is 0 Å². The van der Waals surface area contributed by atoms with Gasteiger partial charge in [-0.1, -0.05) is 19.3 Å². The lowest BCUT2D eigenvalue weighted by Crippen LogP contribution is -2.47. The van der Waals surface area contributed by atoms with Gasteiger partial charge in [0.15, 0.2) is 0 Å². The first kappa shape index (κ1) is 13.8. The third kappa shape index (κ3) is 3.06. The molecule has 0 aliphatic heterocycles. The summed E-state index contributed by atoms with van der Waals surface area (Å²) in [5, 5.41) is 2.97. The van der Waals surface area contributed by atoms with Crippen LogP contribution in [-0.4, -0.2) is 11.4 Å². The second kappa shape index (κ2) is 5.19. The zero-order valence-corrected chi connectivity index (χ0v) is 11.6. The van der Waals surface area contributed by atoms with Crippen molar-refractivity contribution in [2.45, 2.75) is 51.5 Å². The number of hydrogen-bond donors (Lipinski definition) is 2. The Hall–Kier alpha value is -1.58. The van der Waals surface area contributed by atoms with Gasteiger partial charge in [-0.25, -0.2) is 4.39 Å². The molecule has 1 aromatic rings. The van der Waals surface area contributed by atoms with Crippen LogP contribution in [0.25, 0.3) is 0 Å². The van der Waals surface area contributed by atoms with Gasteiger partial charge >= 0.3 is 0 Å². The largest absolute Gasteiger partial charge is 0.399 e. The molecule has 1 fully saturated rings. The number of halogens is 1. The van der Waals surface area contributed by atoms with E-state index in [0.717, 1.165) is 25.7 Å². The number of carbonyl (C=O) groups excluding carboxylic acids is 1. The molecule has 1 aliphatic carbocycles. The van der Waals surface area contributed by atoms with Crippen molar-refractivity contribution in [2.24, 2.45) is 0 Å². The number of nitrogens with one attached hydrogen (secondary N) is 1. The Kier molecular flexibility index (Phi) is 3.78. The first-order valence-electron chi connectivity index (χ1n) is 6.79. The van der Waals surface area contributed by atoms with E-state index >= 15 is 0 Å². The molecule has 1 amide bonds. The van der Waals surface area contributed by atoms with Gasteiger partial charge in [0.25, 0.3) is 5.91 Å². The van der Waals surface area contributed by atoms with Gasteiger partial charge in [0.05, 0.1) is 5.56 Å². The van der Waals surface area contributed by atoms with E-state index in [1.54, 1.807) is 6.92 Å².